The molecule has 1 unspecified atom stereocenters. The highest BCUT2D eigenvalue weighted by Gasteiger charge is 2.17. The lowest BCUT2D eigenvalue weighted by atomic mass is 10.1. The Labute approximate surface area is 109 Å². The van der Waals surface area contributed by atoms with E-state index in [4.69, 9.17) is 0 Å². The van der Waals surface area contributed by atoms with Crippen molar-refractivity contribution >= 4 is 11.8 Å². The predicted molar refractivity (Wildman–Crippen MR) is 75.0 cm³/mol. The molecule has 0 aromatic carbocycles. The monoisotopic (exact) mass is 249 g/mol. The highest BCUT2D eigenvalue weighted by atomic mass is 15.2. The van der Waals surface area contributed by atoms with Crippen LogP contribution in [-0.2, 0) is 0 Å². The van der Waals surface area contributed by atoms with Crippen LogP contribution in [-0.4, -0.2) is 47.6 Å². The fourth-order valence-corrected chi connectivity index (χ4v) is 2.25. The average molecular weight is 249 g/mol. The summed E-state index contributed by atoms with van der Waals surface area (Å²) < 4.78 is 0. The SMILES string of the molecule is CCCNc1nccc(NC2CCCN(C)C2)n1. The molecule has 2 heterocycles. The van der Waals surface area contributed by atoms with E-state index in [9.17, 15) is 0 Å². The Balaban J connectivity index is 1.91. The summed E-state index contributed by atoms with van der Waals surface area (Å²) in [7, 11) is 2.17. The van der Waals surface area contributed by atoms with E-state index in [2.05, 4.69) is 39.5 Å². The summed E-state index contributed by atoms with van der Waals surface area (Å²) in [6.07, 6.45) is 5.35. The van der Waals surface area contributed by atoms with Gasteiger partial charge in [-0.15, -0.1) is 0 Å². The maximum atomic E-state index is 4.48. The molecule has 1 aromatic heterocycles. The molecule has 0 spiro atoms. The lowest BCUT2D eigenvalue weighted by Gasteiger charge is -2.30. The normalized spacial score (nSPS) is 20.7. The number of hydrogen-bond acceptors (Lipinski definition) is 5. The van der Waals surface area contributed by atoms with Gasteiger partial charge in [0.1, 0.15) is 5.82 Å². The molecule has 1 saturated heterocycles. The van der Waals surface area contributed by atoms with Gasteiger partial charge in [0.25, 0.3) is 0 Å². The van der Waals surface area contributed by atoms with E-state index in [-0.39, 0.29) is 0 Å². The molecule has 2 rings (SSSR count). The van der Waals surface area contributed by atoms with E-state index >= 15 is 0 Å². The number of aromatic nitrogens is 2. The number of likely N-dealkylation sites (N-methyl/N-ethyl adjacent to an activating group) is 1. The Bertz CT molecular complexity index is 368. The van der Waals surface area contributed by atoms with Crippen LogP contribution in [0, 0.1) is 0 Å². The molecule has 2 N–H and O–H groups in total. The molecule has 0 radical (unpaired) electrons. The molecule has 0 amide bonds. The average Bonchev–Trinajstić information content (AvgIpc) is 2.37. The van der Waals surface area contributed by atoms with Gasteiger partial charge in [0.15, 0.2) is 0 Å². The van der Waals surface area contributed by atoms with Crippen LogP contribution in [0.1, 0.15) is 26.2 Å². The van der Waals surface area contributed by atoms with Gasteiger partial charge in [0.05, 0.1) is 0 Å². The molecule has 1 aromatic rings. The van der Waals surface area contributed by atoms with Gasteiger partial charge in [0.2, 0.25) is 5.95 Å². The van der Waals surface area contributed by atoms with Gasteiger partial charge >= 0.3 is 0 Å². The second-order valence-electron chi connectivity index (χ2n) is 4.94. The van der Waals surface area contributed by atoms with Crippen molar-refractivity contribution in [3.05, 3.63) is 12.3 Å². The van der Waals surface area contributed by atoms with Crippen LogP contribution in [0.15, 0.2) is 12.3 Å². The van der Waals surface area contributed by atoms with Crippen LogP contribution in [0.3, 0.4) is 0 Å². The van der Waals surface area contributed by atoms with Crippen molar-refractivity contribution in [2.45, 2.75) is 32.2 Å². The Morgan fingerprint density at radius 1 is 1.50 bits per heavy atom. The fourth-order valence-electron chi connectivity index (χ4n) is 2.25. The van der Waals surface area contributed by atoms with Gasteiger partial charge in [-0.2, -0.15) is 4.98 Å². The fraction of sp³-hybridized carbons (Fsp3) is 0.692. The summed E-state index contributed by atoms with van der Waals surface area (Å²) in [4.78, 5) is 11.0. The molecule has 0 bridgehead atoms. The molecule has 0 saturated carbocycles. The summed E-state index contributed by atoms with van der Waals surface area (Å²) >= 11 is 0. The number of rotatable bonds is 5. The molecule has 1 fully saturated rings. The van der Waals surface area contributed by atoms with Gasteiger partial charge < -0.3 is 15.5 Å². The first-order valence-electron chi connectivity index (χ1n) is 6.80. The van der Waals surface area contributed by atoms with Crippen molar-refractivity contribution in [3.8, 4) is 0 Å². The van der Waals surface area contributed by atoms with E-state index in [1.54, 1.807) is 6.20 Å². The van der Waals surface area contributed by atoms with E-state index < -0.39 is 0 Å². The minimum absolute atomic E-state index is 0.498. The third-order valence-corrected chi connectivity index (χ3v) is 3.17. The highest BCUT2D eigenvalue weighted by Crippen LogP contribution is 2.14. The van der Waals surface area contributed by atoms with E-state index in [0.717, 1.165) is 25.3 Å². The second-order valence-corrected chi connectivity index (χ2v) is 4.94. The van der Waals surface area contributed by atoms with Crippen molar-refractivity contribution in [1.29, 1.82) is 0 Å². The van der Waals surface area contributed by atoms with Crippen LogP contribution in [0.25, 0.3) is 0 Å². The summed E-state index contributed by atoms with van der Waals surface area (Å²) in [5, 5.41) is 6.70. The van der Waals surface area contributed by atoms with Crippen LogP contribution >= 0.6 is 0 Å². The van der Waals surface area contributed by atoms with Crippen molar-refractivity contribution in [1.82, 2.24) is 14.9 Å². The standard InChI is InChI=1S/C13H23N5/c1-3-7-14-13-15-8-6-12(17-13)16-11-5-4-9-18(2)10-11/h6,8,11H,3-5,7,9-10H2,1-2H3,(H2,14,15,16,17). The predicted octanol–water partition coefficient (Wildman–Crippen LogP) is 1.80. The number of likely N-dealkylation sites (tertiary alicyclic amines) is 1. The minimum Gasteiger partial charge on any atom is -0.366 e. The zero-order chi connectivity index (χ0) is 12.8. The Morgan fingerprint density at radius 2 is 2.39 bits per heavy atom. The Kier molecular flexibility index (Phi) is 4.75. The molecule has 1 aliphatic rings. The van der Waals surface area contributed by atoms with Crippen LogP contribution in [0.5, 0.6) is 0 Å². The first-order chi connectivity index (χ1) is 8.78. The molecule has 100 valence electrons. The molecule has 5 nitrogen and oxygen atoms in total. The second kappa shape index (κ2) is 6.54. The van der Waals surface area contributed by atoms with Gasteiger partial charge in [-0.25, -0.2) is 4.98 Å². The lowest BCUT2D eigenvalue weighted by Crippen LogP contribution is -2.39. The van der Waals surface area contributed by atoms with Crippen molar-refractivity contribution in [3.63, 3.8) is 0 Å². The number of nitrogens with one attached hydrogen (secondary N) is 2. The van der Waals surface area contributed by atoms with Crippen LogP contribution in [0.2, 0.25) is 0 Å². The highest BCUT2D eigenvalue weighted by molar-refractivity contribution is 5.40. The number of anilines is 2. The smallest absolute Gasteiger partial charge is 0.224 e. The first-order valence-corrected chi connectivity index (χ1v) is 6.80. The van der Waals surface area contributed by atoms with Crippen molar-refractivity contribution in [2.24, 2.45) is 0 Å². The minimum atomic E-state index is 0.498. The summed E-state index contributed by atoms with van der Waals surface area (Å²) in [6, 6.07) is 2.43. The summed E-state index contributed by atoms with van der Waals surface area (Å²) in [6.45, 7) is 5.33. The zero-order valence-corrected chi connectivity index (χ0v) is 11.3. The number of hydrogen-bond donors (Lipinski definition) is 2. The molecule has 1 aliphatic heterocycles. The maximum Gasteiger partial charge on any atom is 0.224 e. The lowest BCUT2D eigenvalue weighted by molar-refractivity contribution is 0.261. The van der Waals surface area contributed by atoms with Gasteiger partial charge in [0, 0.05) is 25.3 Å². The Hall–Kier alpha value is -1.36. The number of piperidine rings is 1. The van der Waals surface area contributed by atoms with Gasteiger partial charge in [-0.05, 0) is 38.9 Å². The summed E-state index contributed by atoms with van der Waals surface area (Å²) in [5.41, 5.74) is 0. The van der Waals surface area contributed by atoms with E-state index in [1.807, 2.05) is 6.07 Å². The van der Waals surface area contributed by atoms with Crippen LogP contribution in [0.4, 0.5) is 11.8 Å². The Morgan fingerprint density at radius 3 is 3.17 bits per heavy atom. The van der Waals surface area contributed by atoms with E-state index in [0.29, 0.717) is 12.0 Å². The molecule has 0 aliphatic carbocycles. The number of nitrogens with zero attached hydrogens (tertiary/aromatic N) is 3. The molecule has 5 heteroatoms. The van der Waals surface area contributed by atoms with Crippen LogP contribution < -0.4 is 10.6 Å². The largest absolute Gasteiger partial charge is 0.366 e. The van der Waals surface area contributed by atoms with Gasteiger partial charge in [-0.3, -0.25) is 0 Å². The third-order valence-electron chi connectivity index (χ3n) is 3.17. The van der Waals surface area contributed by atoms with E-state index in [1.165, 1.54) is 19.4 Å². The van der Waals surface area contributed by atoms with Crippen molar-refractivity contribution < 1.29 is 0 Å². The summed E-state index contributed by atoms with van der Waals surface area (Å²) in [5.74, 6) is 1.63. The quantitative estimate of drug-likeness (QED) is 0.833. The molecule has 1 atom stereocenters. The van der Waals surface area contributed by atoms with Gasteiger partial charge in [-0.1, -0.05) is 6.92 Å². The van der Waals surface area contributed by atoms with Crippen molar-refractivity contribution in [2.75, 3.05) is 37.3 Å². The molecule has 18 heavy (non-hydrogen) atoms. The topological polar surface area (TPSA) is 53.1 Å². The molecular weight excluding hydrogens is 226 g/mol. The molecular formula is C13H23N5. The third kappa shape index (κ3) is 3.84. The maximum absolute atomic E-state index is 4.48. The zero-order valence-electron chi connectivity index (χ0n) is 11.3. The first kappa shape index (κ1) is 13.1.